The van der Waals surface area contributed by atoms with Gasteiger partial charge in [0.1, 0.15) is 5.15 Å². The summed E-state index contributed by atoms with van der Waals surface area (Å²) in [6, 6.07) is 15.1. The zero-order valence-electron chi connectivity index (χ0n) is 18.5. The number of methoxy groups -OCH3 is 2. The minimum absolute atomic E-state index is 0.00304. The number of aromatic nitrogens is 2. The van der Waals surface area contributed by atoms with Gasteiger partial charge in [-0.05, 0) is 37.3 Å². The summed E-state index contributed by atoms with van der Waals surface area (Å²) in [6.45, 7) is 5.53. The fourth-order valence-corrected chi connectivity index (χ4v) is 4.27. The largest absolute Gasteiger partial charge is 0.493 e. The maximum atomic E-state index is 13.0. The lowest BCUT2D eigenvalue weighted by molar-refractivity contribution is 0.0628. The predicted octanol–water partition coefficient (Wildman–Crippen LogP) is 3.81. The van der Waals surface area contributed by atoms with E-state index in [1.807, 2.05) is 42.2 Å². The van der Waals surface area contributed by atoms with Gasteiger partial charge in [0.15, 0.2) is 11.5 Å². The highest BCUT2D eigenvalue weighted by Gasteiger charge is 2.25. The molecule has 0 spiro atoms. The van der Waals surface area contributed by atoms with Gasteiger partial charge in [0.25, 0.3) is 5.91 Å². The monoisotopic (exact) mass is 454 g/mol. The number of benzene rings is 2. The van der Waals surface area contributed by atoms with Crippen LogP contribution < -0.4 is 9.47 Å². The molecule has 0 radical (unpaired) electrons. The van der Waals surface area contributed by atoms with Gasteiger partial charge in [-0.2, -0.15) is 5.10 Å². The van der Waals surface area contributed by atoms with Gasteiger partial charge in [-0.15, -0.1) is 0 Å². The number of hydrogen-bond donors (Lipinski definition) is 0. The molecule has 168 valence electrons. The highest BCUT2D eigenvalue weighted by molar-refractivity contribution is 6.30. The minimum Gasteiger partial charge on any atom is -0.493 e. The summed E-state index contributed by atoms with van der Waals surface area (Å²) in [5.41, 5.74) is 3.48. The molecule has 1 aromatic heterocycles. The summed E-state index contributed by atoms with van der Waals surface area (Å²) in [4.78, 5) is 17.2. The van der Waals surface area contributed by atoms with Crippen LogP contribution in [0.5, 0.6) is 11.5 Å². The number of hydrogen-bond acceptors (Lipinski definition) is 5. The summed E-state index contributed by atoms with van der Waals surface area (Å²) in [7, 11) is 3.15. The first-order valence-electron chi connectivity index (χ1n) is 10.5. The fraction of sp³-hybridized carbons (Fsp3) is 0.333. The molecular formula is C24H27ClN4O3. The molecule has 1 amide bonds. The van der Waals surface area contributed by atoms with Crippen LogP contribution in [-0.2, 0) is 6.54 Å². The molecule has 0 saturated carbocycles. The van der Waals surface area contributed by atoms with Crippen molar-refractivity contribution in [2.24, 2.45) is 0 Å². The quantitative estimate of drug-likeness (QED) is 0.567. The molecule has 0 N–H and O–H groups in total. The van der Waals surface area contributed by atoms with Crippen LogP contribution in [0, 0.1) is 6.92 Å². The number of halogens is 1. The molecule has 3 aromatic rings. The Labute approximate surface area is 193 Å². The van der Waals surface area contributed by atoms with Gasteiger partial charge in [0.05, 0.1) is 25.6 Å². The normalized spacial score (nSPS) is 14.4. The van der Waals surface area contributed by atoms with Crippen LogP contribution in [0.3, 0.4) is 0 Å². The zero-order chi connectivity index (χ0) is 22.7. The third kappa shape index (κ3) is 4.45. The molecule has 0 unspecified atom stereocenters. The number of piperazine rings is 1. The standard InChI is InChI=1S/C24H27ClN4O3/c1-17-20(23(25)29(26-17)19-7-5-4-6-8-19)16-27-11-13-28(14-12-27)24(30)18-9-10-21(31-2)22(15-18)32-3/h4-10,15H,11-14,16H2,1-3H3. The van der Waals surface area contributed by atoms with Crippen LogP contribution in [0.25, 0.3) is 5.69 Å². The Morgan fingerprint density at radius 1 is 1.00 bits per heavy atom. The maximum absolute atomic E-state index is 13.0. The first-order valence-corrected chi connectivity index (χ1v) is 10.9. The van der Waals surface area contributed by atoms with E-state index in [1.165, 1.54) is 0 Å². The van der Waals surface area contributed by atoms with E-state index in [0.29, 0.717) is 41.8 Å². The van der Waals surface area contributed by atoms with Crippen molar-refractivity contribution in [3.8, 4) is 17.2 Å². The van der Waals surface area contributed by atoms with Gasteiger partial charge >= 0.3 is 0 Å². The third-order valence-electron chi connectivity index (χ3n) is 5.79. The minimum atomic E-state index is -0.00304. The molecular weight excluding hydrogens is 428 g/mol. The molecule has 1 aliphatic heterocycles. The molecule has 2 aromatic carbocycles. The van der Waals surface area contributed by atoms with Crippen molar-refractivity contribution >= 4 is 17.5 Å². The molecule has 0 aliphatic carbocycles. The Kier molecular flexibility index (Phi) is 6.67. The molecule has 1 aliphatic rings. The molecule has 0 bridgehead atoms. The van der Waals surface area contributed by atoms with Crippen LogP contribution in [0.15, 0.2) is 48.5 Å². The summed E-state index contributed by atoms with van der Waals surface area (Å²) in [5, 5.41) is 5.27. The number of amides is 1. The van der Waals surface area contributed by atoms with Gasteiger partial charge in [-0.3, -0.25) is 9.69 Å². The van der Waals surface area contributed by atoms with Crippen molar-refractivity contribution in [3.63, 3.8) is 0 Å². The lowest BCUT2D eigenvalue weighted by Gasteiger charge is -2.34. The first-order chi connectivity index (χ1) is 15.5. The number of rotatable bonds is 6. The second-order valence-electron chi connectivity index (χ2n) is 7.74. The molecule has 32 heavy (non-hydrogen) atoms. The fourth-order valence-electron chi connectivity index (χ4n) is 3.94. The van der Waals surface area contributed by atoms with E-state index in [0.717, 1.165) is 30.0 Å². The number of para-hydroxylation sites is 1. The van der Waals surface area contributed by atoms with E-state index < -0.39 is 0 Å². The zero-order valence-corrected chi connectivity index (χ0v) is 19.3. The third-order valence-corrected chi connectivity index (χ3v) is 6.18. The topological polar surface area (TPSA) is 59.8 Å². The number of ether oxygens (including phenoxy) is 2. The van der Waals surface area contributed by atoms with Crippen molar-refractivity contribution in [3.05, 3.63) is 70.5 Å². The second-order valence-corrected chi connectivity index (χ2v) is 8.10. The Morgan fingerprint density at radius 2 is 1.69 bits per heavy atom. The van der Waals surface area contributed by atoms with Crippen LogP contribution in [-0.4, -0.2) is 65.9 Å². The highest BCUT2D eigenvalue weighted by atomic mass is 35.5. The van der Waals surface area contributed by atoms with Crippen LogP contribution in [0.2, 0.25) is 5.15 Å². The van der Waals surface area contributed by atoms with Crippen molar-refractivity contribution in [2.75, 3.05) is 40.4 Å². The van der Waals surface area contributed by atoms with Crippen LogP contribution >= 0.6 is 11.6 Å². The van der Waals surface area contributed by atoms with Crippen molar-refractivity contribution < 1.29 is 14.3 Å². The summed E-state index contributed by atoms with van der Waals surface area (Å²) in [5.74, 6) is 1.16. The average molecular weight is 455 g/mol. The molecule has 1 saturated heterocycles. The molecule has 2 heterocycles. The molecule has 7 nitrogen and oxygen atoms in total. The molecule has 1 fully saturated rings. The maximum Gasteiger partial charge on any atom is 0.254 e. The lowest BCUT2D eigenvalue weighted by atomic mass is 10.1. The van der Waals surface area contributed by atoms with Gasteiger partial charge in [0, 0.05) is 43.9 Å². The number of aryl methyl sites for hydroxylation is 1. The van der Waals surface area contributed by atoms with E-state index in [9.17, 15) is 4.79 Å². The van der Waals surface area contributed by atoms with Gasteiger partial charge in [-0.1, -0.05) is 29.8 Å². The van der Waals surface area contributed by atoms with E-state index >= 15 is 0 Å². The molecule has 4 rings (SSSR count). The predicted molar refractivity (Wildman–Crippen MR) is 124 cm³/mol. The van der Waals surface area contributed by atoms with Crippen molar-refractivity contribution in [2.45, 2.75) is 13.5 Å². The number of carbonyl (C=O) groups excluding carboxylic acids is 1. The SMILES string of the molecule is COc1ccc(C(=O)N2CCN(Cc3c(C)nn(-c4ccccc4)c3Cl)CC2)cc1OC. The summed E-state index contributed by atoms with van der Waals surface area (Å²) >= 11 is 6.68. The summed E-state index contributed by atoms with van der Waals surface area (Å²) < 4.78 is 12.4. The van der Waals surface area contributed by atoms with E-state index in [-0.39, 0.29) is 5.91 Å². The Balaban J connectivity index is 1.41. The number of carbonyl (C=O) groups is 1. The second kappa shape index (κ2) is 9.63. The highest BCUT2D eigenvalue weighted by Crippen LogP contribution is 2.29. The Morgan fingerprint density at radius 3 is 2.34 bits per heavy atom. The summed E-state index contributed by atoms with van der Waals surface area (Å²) in [6.07, 6.45) is 0. The van der Waals surface area contributed by atoms with Crippen molar-refractivity contribution in [1.82, 2.24) is 19.6 Å². The van der Waals surface area contributed by atoms with Gasteiger partial charge in [-0.25, -0.2) is 4.68 Å². The number of nitrogens with zero attached hydrogens (tertiary/aromatic N) is 4. The van der Waals surface area contributed by atoms with Crippen LogP contribution in [0.1, 0.15) is 21.6 Å². The smallest absolute Gasteiger partial charge is 0.254 e. The van der Waals surface area contributed by atoms with E-state index in [2.05, 4.69) is 10.00 Å². The van der Waals surface area contributed by atoms with Gasteiger partial charge < -0.3 is 14.4 Å². The van der Waals surface area contributed by atoms with Crippen LogP contribution in [0.4, 0.5) is 0 Å². The molecule has 8 heteroatoms. The van der Waals surface area contributed by atoms with Gasteiger partial charge in [0.2, 0.25) is 0 Å². The van der Waals surface area contributed by atoms with Crippen molar-refractivity contribution in [1.29, 1.82) is 0 Å². The Bertz CT molecular complexity index is 1090. The average Bonchev–Trinajstić information content (AvgIpc) is 3.12. The molecule has 0 atom stereocenters. The van der Waals surface area contributed by atoms with E-state index in [4.69, 9.17) is 21.1 Å². The van der Waals surface area contributed by atoms with E-state index in [1.54, 1.807) is 37.1 Å². The lowest BCUT2D eigenvalue weighted by Crippen LogP contribution is -2.48. The Hall–Kier alpha value is -3.03. The first kappa shape index (κ1) is 22.2.